The average molecular weight is 383 g/mol. The third kappa shape index (κ3) is 4.35. The monoisotopic (exact) mass is 383 g/mol. The minimum absolute atomic E-state index is 0.207. The molecule has 0 amide bonds. The number of carbonyl (C=O) groups is 1. The Kier molecular flexibility index (Phi) is 6.13. The Labute approximate surface area is 154 Å². The molecule has 0 spiro atoms. The van der Waals surface area contributed by atoms with Crippen molar-refractivity contribution in [1.29, 1.82) is 0 Å². The number of piperazine rings is 1. The fraction of sp³-hybridized carbons (Fsp3) is 0.588. The zero-order valence-corrected chi connectivity index (χ0v) is 15.7. The molecule has 144 valence electrons. The van der Waals surface area contributed by atoms with Crippen LogP contribution in [0.5, 0.6) is 5.75 Å². The first-order chi connectivity index (χ1) is 12.5. The molecule has 0 aliphatic carbocycles. The number of nitrogens with one attached hydrogen (secondary N) is 1. The number of methoxy groups -OCH3 is 1. The molecule has 26 heavy (non-hydrogen) atoms. The number of benzene rings is 1. The number of ether oxygens (including phenoxy) is 2. The number of nitrogens with zero attached hydrogens (tertiary/aromatic N) is 2. The van der Waals surface area contributed by atoms with Crippen molar-refractivity contribution in [2.45, 2.75) is 17.4 Å². The highest BCUT2D eigenvalue weighted by atomic mass is 32.2. The molecule has 0 radical (unpaired) electrons. The smallest absolute Gasteiger partial charge is 0.343 e. The van der Waals surface area contributed by atoms with Crippen LogP contribution >= 0.6 is 0 Å². The van der Waals surface area contributed by atoms with Crippen LogP contribution in [0.3, 0.4) is 0 Å². The maximum absolute atomic E-state index is 12.9. The van der Waals surface area contributed by atoms with Gasteiger partial charge in [0.1, 0.15) is 5.75 Å². The highest BCUT2D eigenvalue weighted by Gasteiger charge is 2.35. The van der Waals surface area contributed by atoms with E-state index in [4.69, 9.17) is 4.74 Å². The van der Waals surface area contributed by atoms with Gasteiger partial charge in [0.15, 0.2) is 6.61 Å². The third-order valence-corrected chi connectivity index (χ3v) is 6.72. The van der Waals surface area contributed by atoms with Gasteiger partial charge in [-0.1, -0.05) is 0 Å². The van der Waals surface area contributed by atoms with Crippen LogP contribution in [0, 0.1) is 0 Å². The molecule has 3 rings (SSSR count). The summed E-state index contributed by atoms with van der Waals surface area (Å²) in [4.78, 5) is 13.7. The average Bonchev–Trinajstić information content (AvgIpc) is 3.18. The van der Waals surface area contributed by atoms with E-state index in [9.17, 15) is 13.2 Å². The molecule has 2 heterocycles. The molecule has 0 bridgehead atoms. The van der Waals surface area contributed by atoms with Gasteiger partial charge in [-0.3, -0.25) is 4.90 Å². The minimum Gasteiger partial charge on any atom is -0.482 e. The largest absolute Gasteiger partial charge is 0.482 e. The lowest BCUT2D eigenvalue weighted by Gasteiger charge is -2.32. The normalized spacial score (nSPS) is 22.3. The lowest BCUT2D eigenvalue weighted by Crippen LogP contribution is -2.49. The number of hydrogen-bond donors (Lipinski definition) is 1. The molecule has 2 fully saturated rings. The summed E-state index contributed by atoms with van der Waals surface area (Å²) >= 11 is 0. The van der Waals surface area contributed by atoms with Crippen LogP contribution in [0.1, 0.15) is 6.42 Å². The second-order valence-corrected chi connectivity index (χ2v) is 8.37. The molecule has 1 unspecified atom stereocenters. The van der Waals surface area contributed by atoms with Gasteiger partial charge in [-0.2, -0.15) is 4.31 Å². The molecule has 1 N–H and O–H groups in total. The Bertz CT molecular complexity index is 716. The van der Waals surface area contributed by atoms with Crippen molar-refractivity contribution >= 4 is 16.0 Å². The predicted octanol–water partition coefficient (Wildman–Crippen LogP) is -0.0934. The number of rotatable bonds is 6. The SMILES string of the molecule is COC(=O)COc1ccc(S(=O)(=O)N2CCC(N3CCNCC3)C2)cc1. The van der Waals surface area contributed by atoms with Crippen molar-refractivity contribution in [3.05, 3.63) is 24.3 Å². The van der Waals surface area contributed by atoms with Gasteiger partial charge < -0.3 is 14.8 Å². The molecule has 2 aliphatic rings. The van der Waals surface area contributed by atoms with Crippen LogP contribution in [-0.2, 0) is 19.6 Å². The number of esters is 1. The second-order valence-electron chi connectivity index (χ2n) is 6.43. The number of carbonyl (C=O) groups excluding carboxylic acids is 1. The standard InChI is InChI=1S/C17H25N3O5S/c1-24-17(21)13-25-15-2-4-16(5-3-15)26(22,23)20-9-6-14(12-20)19-10-7-18-8-11-19/h2-5,14,18H,6-13H2,1H3. The summed E-state index contributed by atoms with van der Waals surface area (Å²) in [6.45, 7) is 4.70. The molecule has 1 aromatic rings. The molecule has 0 aromatic heterocycles. The first-order valence-corrected chi connectivity index (χ1v) is 10.2. The molecular weight excluding hydrogens is 358 g/mol. The Morgan fingerprint density at radius 1 is 1.19 bits per heavy atom. The zero-order valence-electron chi connectivity index (χ0n) is 14.9. The lowest BCUT2D eigenvalue weighted by atomic mass is 10.2. The molecular formula is C17H25N3O5S. The first-order valence-electron chi connectivity index (χ1n) is 8.75. The Balaban J connectivity index is 1.61. The van der Waals surface area contributed by atoms with Gasteiger partial charge in [0.25, 0.3) is 0 Å². The van der Waals surface area contributed by atoms with E-state index in [-0.39, 0.29) is 17.5 Å². The van der Waals surface area contributed by atoms with E-state index in [1.807, 2.05) is 0 Å². The Hall–Kier alpha value is -1.68. The van der Waals surface area contributed by atoms with Crippen molar-refractivity contribution in [2.24, 2.45) is 0 Å². The second kappa shape index (κ2) is 8.34. The van der Waals surface area contributed by atoms with Gasteiger partial charge in [-0.25, -0.2) is 13.2 Å². The summed E-state index contributed by atoms with van der Waals surface area (Å²) in [5.41, 5.74) is 0. The van der Waals surface area contributed by atoms with Crippen molar-refractivity contribution < 1.29 is 22.7 Å². The van der Waals surface area contributed by atoms with Crippen molar-refractivity contribution in [3.63, 3.8) is 0 Å². The third-order valence-electron chi connectivity index (χ3n) is 4.84. The predicted molar refractivity (Wildman–Crippen MR) is 95.6 cm³/mol. The van der Waals surface area contributed by atoms with Crippen molar-refractivity contribution in [1.82, 2.24) is 14.5 Å². The van der Waals surface area contributed by atoms with Gasteiger partial charge in [-0.05, 0) is 30.7 Å². The van der Waals surface area contributed by atoms with Crippen LogP contribution in [-0.4, -0.2) is 82.6 Å². The van der Waals surface area contributed by atoms with Gasteiger partial charge in [0.05, 0.1) is 12.0 Å². The van der Waals surface area contributed by atoms with E-state index in [1.165, 1.54) is 19.2 Å². The summed E-state index contributed by atoms with van der Waals surface area (Å²) in [6, 6.07) is 6.43. The fourth-order valence-electron chi connectivity index (χ4n) is 3.33. The topological polar surface area (TPSA) is 88.2 Å². The van der Waals surface area contributed by atoms with E-state index in [0.717, 1.165) is 32.6 Å². The van der Waals surface area contributed by atoms with E-state index < -0.39 is 16.0 Å². The lowest BCUT2D eigenvalue weighted by molar-refractivity contribution is -0.142. The van der Waals surface area contributed by atoms with E-state index >= 15 is 0 Å². The number of sulfonamides is 1. The highest BCUT2D eigenvalue weighted by Crippen LogP contribution is 2.25. The zero-order chi connectivity index (χ0) is 18.6. The van der Waals surface area contributed by atoms with Crippen LogP contribution in [0.4, 0.5) is 0 Å². The fourth-order valence-corrected chi connectivity index (χ4v) is 4.82. The molecule has 2 saturated heterocycles. The van der Waals surface area contributed by atoms with E-state index in [2.05, 4.69) is 15.0 Å². The van der Waals surface area contributed by atoms with Gasteiger partial charge in [-0.15, -0.1) is 0 Å². The van der Waals surface area contributed by atoms with E-state index in [1.54, 1.807) is 16.4 Å². The Morgan fingerprint density at radius 2 is 1.88 bits per heavy atom. The maximum Gasteiger partial charge on any atom is 0.343 e. The summed E-state index contributed by atoms with van der Waals surface area (Å²) in [5, 5.41) is 3.32. The van der Waals surface area contributed by atoms with Gasteiger partial charge in [0, 0.05) is 45.3 Å². The van der Waals surface area contributed by atoms with Gasteiger partial charge in [0.2, 0.25) is 10.0 Å². The molecule has 1 atom stereocenters. The molecule has 1 aromatic carbocycles. The maximum atomic E-state index is 12.9. The molecule has 8 nitrogen and oxygen atoms in total. The highest BCUT2D eigenvalue weighted by molar-refractivity contribution is 7.89. The van der Waals surface area contributed by atoms with Crippen LogP contribution < -0.4 is 10.1 Å². The minimum atomic E-state index is -3.52. The molecule has 0 saturated carbocycles. The summed E-state index contributed by atoms with van der Waals surface area (Å²) in [6.07, 6.45) is 0.861. The summed E-state index contributed by atoms with van der Waals surface area (Å²) in [7, 11) is -2.24. The Morgan fingerprint density at radius 3 is 2.54 bits per heavy atom. The van der Waals surface area contributed by atoms with E-state index in [0.29, 0.717) is 18.8 Å². The van der Waals surface area contributed by atoms with Crippen molar-refractivity contribution in [3.8, 4) is 5.75 Å². The number of hydrogen-bond acceptors (Lipinski definition) is 7. The van der Waals surface area contributed by atoms with Crippen LogP contribution in [0.15, 0.2) is 29.2 Å². The van der Waals surface area contributed by atoms with Gasteiger partial charge >= 0.3 is 5.97 Å². The molecule has 2 aliphatic heterocycles. The van der Waals surface area contributed by atoms with Crippen LogP contribution in [0.25, 0.3) is 0 Å². The first kappa shape index (κ1) is 19.1. The summed E-state index contributed by atoms with van der Waals surface area (Å²) in [5.74, 6) is -0.0628. The van der Waals surface area contributed by atoms with Crippen molar-refractivity contribution in [2.75, 3.05) is 53.0 Å². The summed E-state index contributed by atoms with van der Waals surface area (Å²) < 4.78 is 37.0. The quantitative estimate of drug-likeness (QED) is 0.687. The molecule has 9 heteroatoms. The van der Waals surface area contributed by atoms with Crippen LogP contribution in [0.2, 0.25) is 0 Å².